The fraction of sp³-hybridized carbons (Fsp3) is 0.0588. The molecule has 0 radical (unpaired) electrons. The van der Waals surface area contributed by atoms with Gasteiger partial charge in [0.2, 0.25) is 0 Å². The molecule has 104 valence electrons. The molecule has 3 rings (SSSR count). The molecule has 4 nitrogen and oxygen atoms in total. The lowest BCUT2D eigenvalue weighted by molar-refractivity contribution is 1.03. The Balaban J connectivity index is 2.21. The summed E-state index contributed by atoms with van der Waals surface area (Å²) in [5.41, 5.74) is 15.4. The predicted molar refractivity (Wildman–Crippen MR) is 85.2 cm³/mol. The Morgan fingerprint density at radius 1 is 0.762 bits per heavy atom. The second-order valence-electron chi connectivity index (χ2n) is 4.70. The van der Waals surface area contributed by atoms with Gasteiger partial charge in [0.25, 0.3) is 0 Å². The van der Waals surface area contributed by atoms with E-state index in [9.17, 15) is 0 Å². The van der Waals surface area contributed by atoms with Gasteiger partial charge in [-0.1, -0.05) is 60.7 Å². The summed E-state index contributed by atoms with van der Waals surface area (Å²) in [7, 11) is 0. The van der Waals surface area contributed by atoms with Crippen LogP contribution < -0.4 is 11.5 Å². The highest BCUT2D eigenvalue weighted by molar-refractivity contribution is 5.71. The molecule has 4 N–H and O–H groups in total. The summed E-state index contributed by atoms with van der Waals surface area (Å²) < 4.78 is 0. The zero-order valence-corrected chi connectivity index (χ0v) is 11.5. The highest BCUT2D eigenvalue weighted by Crippen LogP contribution is 2.27. The van der Waals surface area contributed by atoms with E-state index in [-0.39, 0.29) is 0 Å². The van der Waals surface area contributed by atoms with Gasteiger partial charge in [-0.3, -0.25) is 0 Å². The summed E-state index contributed by atoms with van der Waals surface area (Å²) in [6, 6.07) is 19.7. The average molecular weight is 276 g/mol. The SMILES string of the molecule is NCc1c(N)nc(-c2ccccc2)nc1-c1ccccc1. The first-order valence-electron chi connectivity index (χ1n) is 6.77. The van der Waals surface area contributed by atoms with Gasteiger partial charge in [-0.25, -0.2) is 9.97 Å². The van der Waals surface area contributed by atoms with E-state index >= 15 is 0 Å². The quantitative estimate of drug-likeness (QED) is 0.771. The molecule has 0 aliphatic carbocycles. The van der Waals surface area contributed by atoms with Crippen molar-refractivity contribution in [2.75, 3.05) is 5.73 Å². The minimum absolute atomic E-state index is 0.311. The molecule has 0 atom stereocenters. The van der Waals surface area contributed by atoms with Crippen LogP contribution in [0.15, 0.2) is 60.7 Å². The Labute approximate surface area is 123 Å². The predicted octanol–water partition coefficient (Wildman–Crippen LogP) is 2.85. The third-order valence-corrected chi connectivity index (χ3v) is 3.32. The molecule has 0 saturated carbocycles. The van der Waals surface area contributed by atoms with Crippen LogP contribution in [0.1, 0.15) is 5.56 Å². The molecule has 0 unspecified atom stereocenters. The van der Waals surface area contributed by atoms with Crippen molar-refractivity contribution in [2.24, 2.45) is 5.73 Å². The molecule has 0 fully saturated rings. The zero-order chi connectivity index (χ0) is 14.7. The normalized spacial score (nSPS) is 10.5. The first kappa shape index (κ1) is 13.3. The van der Waals surface area contributed by atoms with Gasteiger partial charge in [-0.2, -0.15) is 0 Å². The van der Waals surface area contributed by atoms with E-state index in [0.717, 1.165) is 22.4 Å². The van der Waals surface area contributed by atoms with E-state index in [1.807, 2.05) is 60.7 Å². The van der Waals surface area contributed by atoms with Crippen molar-refractivity contribution in [1.82, 2.24) is 9.97 Å². The molecule has 1 aromatic heterocycles. The van der Waals surface area contributed by atoms with Gasteiger partial charge in [0.05, 0.1) is 5.69 Å². The molecule has 0 aliphatic rings. The molecule has 0 amide bonds. The molecule has 2 aromatic carbocycles. The molecule has 1 heterocycles. The van der Waals surface area contributed by atoms with Gasteiger partial charge < -0.3 is 11.5 Å². The van der Waals surface area contributed by atoms with E-state index < -0.39 is 0 Å². The van der Waals surface area contributed by atoms with Crippen molar-refractivity contribution >= 4 is 5.82 Å². The molecular weight excluding hydrogens is 260 g/mol. The number of rotatable bonds is 3. The van der Waals surface area contributed by atoms with Crippen LogP contribution in [0.3, 0.4) is 0 Å². The van der Waals surface area contributed by atoms with Gasteiger partial charge in [0, 0.05) is 23.2 Å². The number of aromatic nitrogens is 2. The molecule has 0 bridgehead atoms. The summed E-state index contributed by atoms with van der Waals surface area (Å²) >= 11 is 0. The maximum absolute atomic E-state index is 6.08. The van der Waals surface area contributed by atoms with Crippen LogP contribution in [0, 0.1) is 0 Å². The third kappa shape index (κ3) is 2.61. The van der Waals surface area contributed by atoms with Crippen LogP contribution in [0.4, 0.5) is 5.82 Å². The summed E-state index contributed by atoms with van der Waals surface area (Å²) in [4.78, 5) is 9.06. The molecular formula is C17H16N4. The summed E-state index contributed by atoms with van der Waals surface area (Å²) in [6.45, 7) is 0.311. The minimum atomic E-state index is 0.311. The fourth-order valence-electron chi connectivity index (χ4n) is 2.25. The van der Waals surface area contributed by atoms with Gasteiger partial charge >= 0.3 is 0 Å². The van der Waals surface area contributed by atoms with E-state index in [4.69, 9.17) is 11.5 Å². The maximum atomic E-state index is 6.08. The third-order valence-electron chi connectivity index (χ3n) is 3.32. The maximum Gasteiger partial charge on any atom is 0.162 e. The molecule has 0 saturated heterocycles. The van der Waals surface area contributed by atoms with Crippen molar-refractivity contribution < 1.29 is 0 Å². The summed E-state index contributed by atoms with van der Waals surface area (Å²) in [6.07, 6.45) is 0. The van der Waals surface area contributed by atoms with Crippen LogP contribution in [-0.4, -0.2) is 9.97 Å². The highest BCUT2D eigenvalue weighted by atomic mass is 15.0. The van der Waals surface area contributed by atoms with Gasteiger partial charge in [0.1, 0.15) is 5.82 Å². The van der Waals surface area contributed by atoms with Crippen LogP contribution in [0.2, 0.25) is 0 Å². The largest absolute Gasteiger partial charge is 0.383 e. The molecule has 4 heteroatoms. The molecule has 3 aromatic rings. The van der Waals surface area contributed by atoms with Crippen LogP contribution in [0.5, 0.6) is 0 Å². The Morgan fingerprint density at radius 2 is 1.33 bits per heavy atom. The second-order valence-corrected chi connectivity index (χ2v) is 4.70. The average Bonchev–Trinajstić information content (AvgIpc) is 2.55. The van der Waals surface area contributed by atoms with Crippen LogP contribution in [0.25, 0.3) is 22.6 Å². The van der Waals surface area contributed by atoms with Crippen molar-refractivity contribution in [3.05, 3.63) is 66.2 Å². The van der Waals surface area contributed by atoms with Gasteiger partial charge in [0.15, 0.2) is 5.82 Å². The lowest BCUT2D eigenvalue weighted by atomic mass is 10.1. The van der Waals surface area contributed by atoms with Crippen LogP contribution >= 0.6 is 0 Å². The number of nitrogens with two attached hydrogens (primary N) is 2. The molecule has 0 spiro atoms. The Morgan fingerprint density at radius 3 is 1.90 bits per heavy atom. The van der Waals surface area contributed by atoms with Crippen molar-refractivity contribution in [2.45, 2.75) is 6.54 Å². The number of nitrogens with zero attached hydrogens (tertiary/aromatic N) is 2. The van der Waals surface area contributed by atoms with E-state index in [1.54, 1.807) is 0 Å². The first-order chi connectivity index (χ1) is 10.3. The number of hydrogen-bond donors (Lipinski definition) is 2. The number of anilines is 1. The van der Waals surface area contributed by atoms with Crippen molar-refractivity contribution in [3.8, 4) is 22.6 Å². The smallest absolute Gasteiger partial charge is 0.162 e. The Kier molecular flexibility index (Phi) is 3.62. The Hall–Kier alpha value is -2.72. The minimum Gasteiger partial charge on any atom is -0.383 e. The lowest BCUT2D eigenvalue weighted by Gasteiger charge is -2.12. The van der Waals surface area contributed by atoms with Gasteiger partial charge in [-0.15, -0.1) is 0 Å². The number of hydrogen-bond acceptors (Lipinski definition) is 4. The summed E-state index contributed by atoms with van der Waals surface area (Å²) in [5, 5.41) is 0. The van der Waals surface area contributed by atoms with E-state index in [2.05, 4.69) is 9.97 Å². The monoisotopic (exact) mass is 276 g/mol. The van der Waals surface area contributed by atoms with Gasteiger partial charge in [-0.05, 0) is 0 Å². The van der Waals surface area contributed by atoms with Crippen LogP contribution in [-0.2, 0) is 6.54 Å². The van der Waals surface area contributed by atoms with E-state index in [1.165, 1.54) is 0 Å². The number of benzene rings is 2. The molecule has 0 aliphatic heterocycles. The summed E-state index contributed by atoms with van der Waals surface area (Å²) in [5.74, 6) is 1.05. The topological polar surface area (TPSA) is 77.8 Å². The zero-order valence-electron chi connectivity index (χ0n) is 11.5. The van der Waals surface area contributed by atoms with E-state index in [0.29, 0.717) is 18.2 Å². The number of nitrogen functional groups attached to an aromatic ring is 1. The lowest BCUT2D eigenvalue weighted by Crippen LogP contribution is -2.09. The second kappa shape index (κ2) is 5.73. The van der Waals surface area contributed by atoms with Crippen molar-refractivity contribution in [1.29, 1.82) is 0 Å². The fourth-order valence-corrected chi connectivity index (χ4v) is 2.25. The van der Waals surface area contributed by atoms with Crippen molar-refractivity contribution in [3.63, 3.8) is 0 Å². The standard InChI is InChI=1S/C17H16N4/c18-11-14-15(12-7-3-1-4-8-12)20-17(21-16(14)19)13-9-5-2-6-10-13/h1-10H,11,18H2,(H2,19,20,21). The molecule has 21 heavy (non-hydrogen) atoms. The first-order valence-corrected chi connectivity index (χ1v) is 6.77. The highest BCUT2D eigenvalue weighted by Gasteiger charge is 2.13. The Bertz CT molecular complexity index is 739.